The summed E-state index contributed by atoms with van der Waals surface area (Å²) in [5.41, 5.74) is 2.71. The zero-order valence-corrected chi connectivity index (χ0v) is 19.2. The van der Waals surface area contributed by atoms with Gasteiger partial charge in [0.15, 0.2) is 5.96 Å². The lowest BCUT2D eigenvalue weighted by Gasteiger charge is -2.63. The van der Waals surface area contributed by atoms with E-state index in [4.69, 9.17) is 9.73 Å². The first-order chi connectivity index (χ1) is 12.6. The SMILES string of the molecule is CCNC(=NCCCn1nc(C)cc1C)NC1C2CCOC2C12CCC2.I. The highest BCUT2D eigenvalue weighted by Gasteiger charge is 2.66. The Morgan fingerprint density at radius 1 is 1.41 bits per heavy atom. The first-order valence-corrected chi connectivity index (χ1v) is 10.3. The quantitative estimate of drug-likeness (QED) is 0.280. The van der Waals surface area contributed by atoms with E-state index in [0.717, 1.165) is 44.3 Å². The van der Waals surface area contributed by atoms with Gasteiger partial charge in [-0.25, -0.2) is 0 Å². The van der Waals surface area contributed by atoms with Crippen molar-refractivity contribution in [3.8, 4) is 0 Å². The van der Waals surface area contributed by atoms with E-state index in [1.54, 1.807) is 0 Å². The molecule has 4 rings (SSSR count). The summed E-state index contributed by atoms with van der Waals surface area (Å²) in [6.45, 7) is 9.87. The summed E-state index contributed by atoms with van der Waals surface area (Å²) in [6, 6.07) is 2.67. The molecule has 2 heterocycles. The topological polar surface area (TPSA) is 63.5 Å². The van der Waals surface area contributed by atoms with Crippen molar-refractivity contribution in [1.82, 2.24) is 20.4 Å². The fraction of sp³-hybridized carbons (Fsp3) is 0.800. The van der Waals surface area contributed by atoms with E-state index in [0.29, 0.717) is 23.5 Å². The van der Waals surface area contributed by atoms with Crippen LogP contribution in [-0.4, -0.2) is 47.6 Å². The molecule has 27 heavy (non-hydrogen) atoms. The van der Waals surface area contributed by atoms with Crippen molar-refractivity contribution in [1.29, 1.82) is 0 Å². The zero-order valence-electron chi connectivity index (χ0n) is 16.8. The van der Waals surface area contributed by atoms with Crippen LogP contribution in [0.2, 0.25) is 0 Å². The average molecular weight is 487 g/mol. The molecule has 3 unspecified atom stereocenters. The number of aliphatic imine (C=N–C) groups is 1. The van der Waals surface area contributed by atoms with Crippen LogP contribution < -0.4 is 10.6 Å². The van der Waals surface area contributed by atoms with Gasteiger partial charge in [0.2, 0.25) is 0 Å². The van der Waals surface area contributed by atoms with Gasteiger partial charge in [-0.15, -0.1) is 24.0 Å². The minimum Gasteiger partial charge on any atom is -0.377 e. The van der Waals surface area contributed by atoms with Crippen molar-refractivity contribution in [3.05, 3.63) is 17.5 Å². The third-order valence-corrected chi connectivity index (χ3v) is 6.57. The minimum atomic E-state index is 0. The number of hydrogen-bond donors (Lipinski definition) is 2. The molecule has 7 heteroatoms. The van der Waals surface area contributed by atoms with Gasteiger partial charge in [0, 0.05) is 49.3 Å². The third kappa shape index (κ3) is 3.86. The Balaban J connectivity index is 0.00000210. The fourth-order valence-electron chi connectivity index (χ4n) is 5.24. The molecule has 0 aromatic carbocycles. The summed E-state index contributed by atoms with van der Waals surface area (Å²) in [4.78, 5) is 4.84. The minimum absolute atomic E-state index is 0. The largest absolute Gasteiger partial charge is 0.377 e. The lowest BCUT2D eigenvalue weighted by molar-refractivity contribution is -0.171. The number of hydrogen-bond acceptors (Lipinski definition) is 3. The van der Waals surface area contributed by atoms with Crippen molar-refractivity contribution >= 4 is 29.9 Å². The van der Waals surface area contributed by atoms with Crippen molar-refractivity contribution < 1.29 is 4.74 Å². The van der Waals surface area contributed by atoms with Crippen LogP contribution in [0.1, 0.15) is 50.4 Å². The van der Waals surface area contributed by atoms with E-state index in [2.05, 4.69) is 40.3 Å². The predicted molar refractivity (Wildman–Crippen MR) is 119 cm³/mol. The Morgan fingerprint density at radius 3 is 2.85 bits per heavy atom. The third-order valence-electron chi connectivity index (χ3n) is 6.57. The van der Waals surface area contributed by atoms with E-state index < -0.39 is 0 Å². The Kier molecular flexibility index (Phi) is 6.71. The number of nitrogens with zero attached hydrogens (tertiary/aromatic N) is 3. The van der Waals surface area contributed by atoms with E-state index in [1.165, 1.54) is 31.4 Å². The van der Waals surface area contributed by atoms with Crippen LogP contribution in [0.5, 0.6) is 0 Å². The lowest BCUT2D eigenvalue weighted by Crippen LogP contribution is -2.72. The van der Waals surface area contributed by atoms with E-state index >= 15 is 0 Å². The van der Waals surface area contributed by atoms with Gasteiger partial charge in [-0.05, 0) is 52.5 Å². The summed E-state index contributed by atoms with van der Waals surface area (Å²) >= 11 is 0. The maximum absolute atomic E-state index is 6.03. The van der Waals surface area contributed by atoms with Crippen LogP contribution >= 0.6 is 24.0 Å². The highest BCUT2D eigenvalue weighted by molar-refractivity contribution is 14.0. The molecule has 0 bridgehead atoms. The number of guanidine groups is 1. The number of aromatic nitrogens is 2. The lowest BCUT2D eigenvalue weighted by atomic mass is 9.46. The normalized spacial score (nSPS) is 28.1. The highest BCUT2D eigenvalue weighted by Crippen LogP contribution is 2.62. The smallest absolute Gasteiger partial charge is 0.191 e. The monoisotopic (exact) mass is 487 g/mol. The molecule has 6 nitrogen and oxygen atoms in total. The van der Waals surface area contributed by atoms with Gasteiger partial charge in [0.25, 0.3) is 0 Å². The van der Waals surface area contributed by atoms with E-state index in [1.807, 2.05) is 6.92 Å². The standard InChI is InChI=1S/C20H33N5O.HI/c1-4-21-19(22-10-6-11-25-15(3)13-14(2)24-25)23-17-16-7-12-26-18(16)20(17)8-5-9-20;/h13,16-18H,4-12H2,1-3H3,(H2,21,22,23);1H. The first-order valence-electron chi connectivity index (χ1n) is 10.3. The molecule has 3 fully saturated rings. The summed E-state index contributed by atoms with van der Waals surface area (Å²) in [5.74, 6) is 1.65. The molecular formula is C20H34IN5O. The van der Waals surface area contributed by atoms with Gasteiger partial charge in [0.05, 0.1) is 11.8 Å². The summed E-state index contributed by atoms with van der Waals surface area (Å²) in [6.07, 6.45) is 6.67. The molecule has 3 aliphatic rings. The molecular weight excluding hydrogens is 453 g/mol. The zero-order chi connectivity index (χ0) is 18.1. The number of ether oxygens (including phenoxy) is 1. The molecule has 3 atom stereocenters. The van der Waals surface area contributed by atoms with Gasteiger partial charge in [-0.3, -0.25) is 9.67 Å². The van der Waals surface area contributed by atoms with Crippen LogP contribution in [-0.2, 0) is 11.3 Å². The van der Waals surface area contributed by atoms with Gasteiger partial charge in [-0.1, -0.05) is 6.42 Å². The predicted octanol–water partition coefficient (Wildman–Crippen LogP) is 3.02. The Morgan fingerprint density at radius 2 is 2.22 bits per heavy atom. The number of nitrogens with one attached hydrogen (secondary N) is 2. The Bertz CT molecular complexity index is 669. The van der Waals surface area contributed by atoms with Crippen LogP contribution in [0.15, 0.2) is 11.1 Å². The molecule has 152 valence electrons. The highest BCUT2D eigenvalue weighted by atomic mass is 127. The Labute approximate surface area is 179 Å². The van der Waals surface area contributed by atoms with Gasteiger partial charge < -0.3 is 15.4 Å². The maximum Gasteiger partial charge on any atom is 0.191 e. The second-order valence-corrected chi connectivity index (χ2v) is 8.22. The number of rotatable bonds is 6. The molecule has 1 saturated heterocycles. The first kappa shape index (κ1) is 20.9. The molecule has 2 saturated carbocycles. The van der Waals surface area contributed by atoms with Crippen LogP contribution in [0.4, 0.5) is 0 Å². The van der Waals surface area contributed by atoms with E-state index in [9.17, 15) is 0 Å². The second kappa shape index (κ2) is 8.68. The summed E-state index contributed by atoms with van der Waals surface area (Å²) in [5, 5.41) is 11.7. The summed E-state index contributed by atoms with van der Waals surface area (Å²) < 4.78 is 8.12. The molecule has 1 aromatic rings. The summed E-state index contributed by atoms with van der Waals surface area (Å²) in [7, 11) is 0. The van der Waals surface area contributed by atoms with Crippen molar-refractivity contribution in [2.45, 2.75) is 71.6 Å². The maximum atomic E-state index is 6.03. The molecule has 0 radical (unpaired) electrons. The average Bonchev–Trinajstić information content (AvgIpc) is 3.11. The molecule has 1 aliphatic heterocycles. The number of halogens is 1. The van der Waals surface area contributed by atoms with E-state index in [-0.39, 0.29) is 24.0 Å². The van der Waals surface area contributed by atoms with Gasteiger partial charge >= 0.3 is 0 Å². The van der Waals surface area contributed by atoms with Crippen molar-refractivity contribution in [2.75, 3.05) is 19.7 Å². The van der Waals surface area contributed by atoms with Crippen LogP contribution in [0, 0.1) is 25.2 Å². The molecule has 1 spiro atoms. The number of aryl methyl sites for hydroxylation is 3. The van der Waals surface area contributed by atoms with Crippen LogP contribution in [0.3, 0.4) is 0 Å². The number of fused-ring (bicyclic) bond motifs is 2. The van der Waals surface area contributed by atoms with Crippen molar-refractivity contribution in [2.24, 2.45) is 16.3 Å². The van der Waals surface area contributed by atoms with Gasteiger partial charge in [-0.2, -0.15) is 5.10 Å². The molecule has 1 aromatic heterocycles. The van der Waals surface area contributed by atoms with Crippen LogP contribution in [0.25, 0.3) is 0 Å². The van der Waals surface area contributed by atoms with Crippen molar-refractivity contribution in [3.63, 3.8) is 0 Å². The molecule has 2 aliphatic carbocycles. The van der Waals surface area contributed by atoms with Gasteiger partial charge in [0.1, 0.15) is 0 Å². The Hall–Kier alpha value is -0.830. The molecule has 0 amide bonds. The molecule has 2 N–H and O–H groups in total. The second-order valence-electron chi connectivity index (χ2n) is 8.22. The fourth-order valence-corrected chi connectivity index (χ4v) is 5.24.